The van der Waals surface area contributed by atoms with Crippen molar-refractivity contribution in [2.75, 3.05) is 6.54 Å². The Labute approximate surface area is 165 Å². The molecule has 3 aromatic heterocycles. The van der Waals surface area contributed by atoms with E-state index in [0.29, 0.717) is 28.1 Å². The van der Waals surface area contributed by atoms with E-state index in [0.717, 1.165) is 29.5 Å². The number of aromatic nitrogens is 4. The maximum absolute atomic E-state index is 13.1. The molecule has 1 saturated heterocycles. The Morgan fingerprint density at radius 1 is 1.18 bits per heavy atom. The third-order valence-electron chi connectivity index (χ3n) is 5.37. The van der Waals surface area contributed by atoms with E-state index >= 15 is 0 Å². The standard InChI is InChI=1S/C19H21N5O3S/c1-11-15(28-10-20-11)18(26)24-9-5-4-6-14(24)13-8-7-12-16(21-13)22(2)19(27)23(3)17(12)25/h7-8,10,14H,4-6,9H2,1-3H3. The van der Waals surface area contributed by atoms with Gasteiger partial charge in [0.05, 0.1) is 28.3 Å². The largest absolute Gasteiger partial charge is 0.332 e. The number of pyridine rings is 1. The van der Waals surface area contributed by atoms with Gasteiger partial charge in [0.15, 0.2) is 0 Å². The average molecular weight is 399 g/mol. The topological polar surface area (TPSA) is 90.1 Å². The zero-order chi connectivity index (χ0) is 20.0. The minimum Gasteiger partial charge on any atom is -0.329 e. The molecule has 8 nitrogen and oxygen atoms in total. The first kappa shape index (κ1) is 18.5. The van der Waals surface area contributed by atoms with Crippen molar-refractivity contribution in [3.8, 4) is 0 Å². The number of likely N-dealkylation sites (tertiary alicyclic amines) is 1. The lowest BCUT2D eigenvalue weighted by atomic mass is 9.98. The van der Waals surface area contributed by atoms with Crippen LogP contribution in [0.2, 0.25) is 0 Å². The summed E-state index contributed by atoms with van der Waals surface area (Å²) in [4.78, 5) is 49.1. The number of nitrogens with zero attached hydrogens (tertiary/aromatic N) is 5. The molecule has 0 radical (unpaired) electrons. The summed E-state index contributed by atoms with van der Waals surface area (Å²) in [5.41, 5.74) is 2.68. The number of hydrogen-bond donors (Lipinski definition) is 0. The number of hydrogen-bond acceptors (Lipinski definition) is 6. The van der Waals surface area contributed by atoms with Crippen molar-refractivity contribution in [2.24, 2.45) is 14.1 Å². The third kappa shape index (κ3) is 2.86. The van der Waals surface area contributed by atoms with Crippen LogP contribution in [0.5, 0.6) is 0 Å². The summed E-state index contributed by atoms with van der Waals surface area (Å²) < 4.78 is 2.45. The van der Waals surface area contributed by atoms with E-state index in [1.165, 1.54) is 23.0 Å². The Morgan fingerprint density at radius 2 is 1.96 bits per heavy atom. The highest BCUT2D eigenvalue weighted by molar-refractivity contribution is 7.11. The first-order valence-electron chi connectivity index (χ1n) is 9.18. The van der Waals surface area contributed by atoms with Gasteiger partial charge in [0.1, 0.15) is 10.5 Å². The average Bonchev–Trinajstić information content (AvgIpc) is 3.15. The molecule has 0 spiro atoms. The number of aryl methyl sites for hydroxylation is 2. The number of carbonyl (C=O) groups excluding carboxylic acids is 1. The van der Waals surface area contributed by atoms with Gasteiger partial charge >= 0.3 is 5.69 Å². The molecule has 28 heavy (non-hydrogen) atoms. The summed E-state index contributed by atoms with van der Waals surface area (Å²) >= 11 is 1.35. The van der Waals surface area contributed by atoms with Crippen LogP contribution in [0.25, 0.3) is 11.0 Å². The predicted molar refractivity (Wildman–Crippen MR) is 107 cm³/mol. The lowest BCUT2D eigenvalue weighted by molar-refractivity contribution is 0.0610. The summed E-state index contributed by atoms with van der Waals surface area (Å²) in [7, 11) is 3.06. The number of amides is 1. The smallest absolute Gasteiger partial charge is 0.329 e. The summed E-state index contributed by atoms with van der Waals surface area (Å²) in [5.74, 6) is -0.0375. The van der Waals surface area contributed by atoms with Crippen LogP contribution in [0, 0.1) is 6.92 Å². The molecule has 4 rings (SSSR count). The van der Waals surface area contributed by atoms with E-state index in [-0.39, 0.29) is 17.5 Å². The van der Waals surface area contributed by atoms with E-state index in [9.17, 15) is 14.4 Å². The van der Waals surface area contributed by atoms with Gasteiger partial charge in [0.25, 0.3) is 11.5 Å². The molecule has 9 heteroatoms. The monoisotopic (exact) mass is 399 g/mol. The Bertz CT molecular complexity index is 1190. The Balaban J connectivity index is 1.81. The van der Waals surface area contributed by atoms with E-state index in [1.807, 2.05) is 11.8 Å². The number of thiazole rings is 1. The van der Waals surface area contributed by atoms with Crippen LogP contribution < -0.4 is 11.2 Å². The van der Waals surface area contributed by atoms with E-state index < -0.39 is 5.69 Å². The molecule has 1 fully saturated rings. The summed E-state index contributed by atoms with van der Waals surface area (Å²) in [6, 6.07) is 3.31. The lowest BCUT2D eigenvalue weighted by Crippen LogP contribution is -2.40. The lowest BCUT2D eigenvalue weighted by Gasteiger charge is -2.35. The number of fused-ring (bicyclic) bond motifs is 1. The molecule has 1 aliphatic heterocycles. The zero-order valence-electron chi connectivity index (χ0n) is 16.0. The van der Waals surface area contributed by atoms with Gasteiger partial charge in [-0.1, -0.05) is 0 Å². The summed E-state index contributed by atoms with van der Waals surface area (Å²) in [5, 5.41) is 0.389. The van der Waals surface area contributed by atoms with Crippen LogP contribution in [0.1, 0.15) is 46.4 Å². The van der Waals surface area contributed by atoms with Gasteiger partial charge in [-0.2, -0.15) is 0 Å². The quantitative estimate of drug-likeness (QED) is 0.655. The molecule has 1 atom stereocenters. The van der Waals surface area contributed by atoms with Gasteiger partial charge < -0.3 is 4.90 Å². The molecule has 0 bridgehead atoms. The highest BCUT2D eigenvalue weighted by Crippen LogP contribution is 2.32. The second-order valence-corrected chi connectivity index (χ2v) is 7.94. The van der Waals surface area contributed by atoms with Crippen molar-refractivity contribution in [1.29, 1.82) is 0 Å². The SMILES string of the molecule is Cc1ncsc1C(=O)N1CCCCC1c1ccc2c(=O)n(C)c(=O)n(C)c2n1. The van der Waals surface area contributed by atoms with E-state index in [1.54, 1.807) is 24.7 Å². The highest BCUT2D eigenvalue weighted by atomic mass is 32.1. The maximum atomic E-state index is 13.1. The molecule has 4 heterocycles. The van der Waals surface area contributed by atoms with Gasteiger partial charge in [-0.25, -0.2) is 14.8 Å². The van der Waals surface area contributed by atoms with Crippen LogP contribution in [-0.2, 0) is 14.1 Å². The molecular formula is C19H21N5O3S. The number of carbonyl (C=O) groups is 1. The molecule has 1 unspecified atom stereocenters. The van der Waals surface area contributed by atoms with Crippen molar-refractivity contribution in [1.82, 2.24) is 24.0 Å². The molecule has 0 N–H and O–H groups in total. The predicted octanol–water partition coefficient (Wildman–Crippen LogP) is 1.76. The first-order chi connectivity index (χ1) is 13.4. The normalized spacial score (nSPS) is 17.2. The van der Waals surface area contributed by atoms with Crippen molar-refractivity contribution in [2.45, 2.75) is 32.2 Å². The van der Waals surface area contributed by atoms with Gasteiger partial charge in [0, 0.05) is 20.6 Å². The molecule has 3 aromatic rings. The highest BCUT2D eigenvalue weighted by Gasteiger charge is 2.31. The van der Waals surface area contributed by atoms with E-state index in [2.05, 4.69) is 9.97 Å². The van der Waals surface area contributed by atoms with Crippen molar-refractivity contribution in [3.63, 3.8) is 0 Å². The first-order valence-corrected chi connectivity index (χ1v) is 10.1. The Hall–Kier alpha value is -2.81. The second-order valence-electron chi connectivity index (χ2n) is 7.09. The van der Waals surface area contributed by atoms with Crippen LogP contribution in [0.3, 0.4) is 0 Å². The second kappa shape index (κ2) is 6.97. The van der Waals surface area contributed by atoms with Crippen LogP contribution >= 0.6 is 11.3 Å². The molecule has 1 amide bonds. The summed E-state index contributed by atoms with van der Waals surface area (Å²) in [6.45, 7) is 2.48. The van der Waals surface area contributed by atoms with Gasteiger partial charge in [0.2, 0.25) is 0 Å². The van der Waals surface area contributed by atoms with E-state index in [4.69, 9.17) is 0 Å². The van der Waals surface area contributed by atoms with Crippen LogP contribution in [0.15, 0.2) is 27.2 Å². The molecular weight excluding hydrogens is 378 g/mol. The van der Waals surface area contributed by atoms with Gasteiger partial charge in [-0.15, -0.1) is 11.3 Å². The minimum atomic E-state index is -0.418. The number of piperidine rings is 1. The van der Waals surface area contributed by atoms with Crippen molar-refractivity contribution in [3.05, 3.63) is 54.7 Å². The minimum absolute atomic E-state index is 0.0375. The zero-order valence-corrected chi connectivity index (χ0v) is 16.8. The third-order valence-corrected chi connectivity index (χ3v) is 6.28. The van der Waals surface area contributed by atoms with Crippen molar-refractivity contribution >= 4 is 28.3 Å². The molecule has 0 aromatic carbocycles. The fourth-order valence-corrected chi connectivity index (χ4v) is 4.53. The van der Waals surface area contributed by atoms with Crippen LogP contribution in [-0.4, -0.2) is 36.5 Å². The maximum Gasteiger partial charge on any atom is 0.332 e. The molecule has 146 valence electrons. The van der Waals surface area contributed by atoms with Gasteiger partial charge in [-0.3, -0.25) is 18.7 Å². The summed E-state index contributed by atoms with van der Waals surface area (Å²) in [6.07, 6.45) is 2.72. The molecule has 0 saturated carbocycles. The fraction of sp³-hybridized carbons (Fsp3) is 0.421. The Morgan fingerprint density at radius 3 is 2.68 bits per heavy atom. The molecule has 1 aliphatic rings. The number of rotatable bonds is 2. The van der Waals surface area contributed by atoms with Gasteiger partial charge in [-0.05, 0) is 38.3 Å². The fourth-order valence-electron chi connectivity index (χ4n) is 3.77. The van der Waals surface area contributed by atoms with Crippen LogP contribution in [0.4, 0.5) is 0 Å². The molecule has 0 aliphatic carbocycles. The van der Waals surface area contributed by atoms with Crippen molar-refractivity contribution < 1.29 is 4.79 Å². The Kier molecular flexibility index (Phi) is 4.62.